The van der Waals surface area contributed by atoms with Crippen molar-refractivity contribution in [2.24, 2.45) is 0 Å². The third-order valence-electron chi connectivity index (χ3n) is 3.30. The normalized spacial score (nSPS) is 11.8. The molecule has 0 aliphatic carbocycles. The largest absolute Gasteiger partial charge is 0.481 e. The number of carbonyl (C=O) groups is 1. The summed E-state index contributed by atoms with van der Waals surface area (Å²) in [6.45, 7) is 1.64. The van der Waals surface area contributed by atoms with E-state index in [1.807, 2.05) is 6.07 Å². The molecule has 1 amide bonds. The third-order valence-corrected chi connectivity index (χ3v) is 3.85. The van der Waals surface area contributed by atoms with Crippen LogP contribution in [0, 0.1) is 0 Å². The maximum atomic E-state index is 12.3. The van der Waals surface area contributed by atoms with Gasteiger partial charge in [-0.15, -0.1) is 5.10 Å². The van der Waals surface area contributed by atoms with Crippen molar-refractivity contribution >= 4 is 34.8 Å². The molecule has 128 valence electrons. The van der Waals surface area contributed by atoms with Gasteiger partial charge in [0.05, 0.1) is 16.4 Å². The van der Waals surface area contributed by atoms with Crippen molar-refractivity contribution in [3.05, 3.63) is 58.8 Å². The number of tetrazole rings is 1. The summed E-state index contributed by atoms with van der Waals surface area (Å²) in [5, 5.41) is 14.5. The van der Waals surface area contributed by atoms with E-state index in [9.17, 15) is 4.79 Å². The predicted octanol–water partition coefficient (Wildman–Crippen LogP) is 3.38. The molecule has 2 aromatic carbocycles. The Bertz CT molecular complexity index is 886. The van der Waals surface area contributed by atoms with E-state index in [0.29, 0.717) is 21.5 Å². The lowest BCUT2D eigenvalue weighted by atomic mass is 10.2. The van der Waals surface area contributed by atoms with Gasteiger partial charge < -0.3 is 10.1 Å². The Morgan fingerprint density at radius 3 is 2.80 bits per heavy atom. The minimum atomic E-state index is -0.740. The van der Waals surface area contributed by atoms with Crippen LogP contribution in [0.2, 0.25) is 10.0 Å². The van der Waals surface area contributed by atoms with Crippen molar-refractivity contribution in [2.45, 2.75) is 13.0 Å². The first-order valence-electron chi connectivity index (χ1n) is 7.29. The number of benzene rings is 2. The Morgan fingerprint density at radius 2 is 2.08 bits per heavy atom. The molecular weight excluding hydrogens is 365 g/mol. The molecule has 0 radical (unpaired) electrons. The fourth-order valence-corrected chi connectivity index (χ4v) is 2.52. The van der Waals surface area contributed by atoms with Gasteiger partial charge in [0, 0.05) is 11.1 Å². The molecule has 0 aliphatic rings. The van der Waals surface area contributed by atoms with Gasteiger partial charge in [-0.2, -0.15) is 0 Å². The standard InChI is InChI=1S/C16H13Cl2N5O2/c1-10(16(24)20-15-6-5-11(17)7-14(15)18)25-13-4-2-3-12(8-13)23-9-19-21-22-23/h2-10H,1H3,(H,20,24)/t10-/m0/s1. The first-order valence-corrected chi connectivity index (χ1v) is 8.04. The number of aromatic nitrogens is 4. The average molecular weight is 378 g/mol. The summed E-state index contributed by atoms with van der Waals surface area (Å²) >= 11 is 11.9. The van der Waals surface area contributed by atoms with Crippen LogP contribution in [0.1, 0.15) is 6.92 Å². The van der Waals surface area contributed by atoms with Crippen molar-refractivity contribution in [2.75, 3.05) is 5.32 Å². The maximum Gasteiger partial charge on any atom is 0.265 e. The summed E-state index contributed by atoms with van der Waals surface area (Å²) in [6.07, 6.45) is 0.730. The molecule has 1 aromatic heterocycles. The summed E-state index contributed by atoms with van der Waals surface area (Å²) in [5.41, 5.74) is 1.19. The smallest absolute Gasteiger partial charge is 0.265 e. The van der Waals surface area contributed by atoms with Crippen molar-refractivity contribution in [1.82, 2.24) is 20.2 Å². The highest BCUT2D eigenvalue weighted by Gasteiger charge is 2.16. The second-order valence-electron chi connectivity index (χ2n) is 5.13. The SMILES string of the molecule is C[C@H](Oc1cccc(-n2cnnn2)c1)C(=O)Nc1ccc(Cl)cc1Cl. The first kappa shape index (κ1) is 17.2. The van der Waals surface area contributed by atoms with Gasteiger partial charge in [0.15, 0.2) is 6.10 Å². The first-order chi connectivity index (χ1) is 12.0. The van der Waals surface area contributed by atoms with Gasteiger partial charge >= 0.3 is 0 Å². The molecule has 1 heterocycles. The van der Waals surface area contributed by atoms with E-state index in [1.54, 1.807) is 43.3 Å². The molecule has 1 N–H and O–H groups in total. The summed E-state index contributed by atoms with van der Waals surface area (Å²) in [7, 11) is 0. The topological polar surface area (TPSA) is 81.9 Å². The number of nitrogens with one attached hydrogen (secondary N) is 1. The Hall–Kier alpha value is -2.64. The Balaban J connectivity index is 1.68. The Kier molecular flexibility index (Phi) is 5.16. The fourth-order valence-electron chi connectivity index (χ4n) is 2.06. The molecule has 3 rings (SSSR count). The number of anilines is 1. The summed E-state index contributed by atoms with van der Waals surface area (Å²) in [4.78, 5) is 12.3. The van der Waals surface area contributed by atoms with Crippen LogP contribution in [0.3, 0.4) is 0 Å². The molecule has 1 atom stereocenters. The molecule has 9 heteroatoms. The minimum Gasteiger partial charge on any atom is -0.481 e. The molecule has 0 unspecified atom stereocenters. The van der Waals surface area contributed by atoms with Crippen LogP contribution >= 0.6 is 23.2 Å². The van der Waals surface area contributed by atoms with E-state index in [0.717, 1.165) is 5.69 Å². The quantitative estimate of drug-likeness (QED) is 0.736. The van der Waals surface area contributed by atoms with Crippen molar-refractivity contribution < 1.29 is 9.53 Å². The number of hydrogen-bond acceptors (Lipinski definition) is 5. The number of nitrogens with zero attached hydrogens (tertiary/aromatic N) is 4. The number of carbonyl (C=O) groups excluding carboxylic acids is 1. The van der Waals surface area contributed by atoms with Gasteiger partial charge in [0.2, 0.25) is 0 Å². The number of ether oxygens (including phenoxy) is 1. The van der Waals surface area contributed by atoms with Crippen LogP contribution < -0.4 is 10.1 Å². The van der Waals surface area contributed by atoms with Crippen LogP contribution in [0.5, 0.6) is 5.75 Å². The van der Waals surface area contributed by atoms with Gasteiger partial charge in [-0.1, -0.05) is 29.3 Å². The van der Waals surface area contributed by atoms with Crippen LogP contribution in [0.25, 0.3) is 5.69 Å². The third kappa shape index (κ3) is 4.26. The predicted molar refractivity (Wildman–Crippen MR) is 94.3 cm³/mol. The zero-order valence-corrected chi connectivity index (χ0v) is 14.6. The molecule has 7 nitrogen and oxygen atoms in total. The second-order valence-corrected chi connectivity index (χ2v) is 5.97. The van der Waals surface area contributed by atoms with Gasteiger partial charge in [-0.25, -0.2) is 4.68 Å². The Morgan fingerprint density at radius 1 is 1.24 bits per heavy atom. The Labute approximate surface area is 153 Å². The number of rotatable bonds is 5. The molecular formula is C16H13Cl2N5O2. The summed E-state index contributed by atoms with van der Waals surface area (Å²) in [5.74, 6) is 0.176. The van der Waals surface area contributed by atoms with Crippen LogP contribution in [-0.4, -0.2) is 32.2 Å². The van der Waals surface area contributed by atoms with E-state index in [4.69, 9.17) is 27.9 Å². The highest BCUT2D eigenvalue weighted by molar-refractivity contribution is 6.36. The van der Waals surface area contributed by atoms with Crippen LogP contribution in [0.4, 0.5) is 5.69 Å². The molecule has 0 spiro atoms. The van der Waals surface area contributed by atoms with E-state index in [-0.39, 0.29) is 5.91 Å². The molecule has 25 heavy (non-hydrogen) atoms. The second kappa shape index (κ2) is 7.50. The highest BCUT2D eigenvalue weighted by atomic mass is 35.5. The molecule has 0 aliphatic heterocycles. The molecule has 0 saturated carbocycles. The van der Waals surface area contributed by atoms with E-state index in [1.165, 1.54) is 11.0 Å². The van der Waals surface area contributed by atoms with Gasteiger partial charge in [0.1, 0.15) is 12.1 Å². The lowest BCUT2D eigenvalue weighted by molar-refractivity contribution is -0.122. The zero-order chi connectivity index (χ0) is 17.8. The van der Waals surface area contributed by atoms with Gasteiger partial charge in [-0.3, -0.25) is 4.79 Å². The van der Waals surface area contributed by atoms with Gasteiger partial charge in [-0.05, 0) is 47.7 Å². The van der Waals surface area contributed by atoms with Crippen molar-refractivity contribution in [1.29, 1.82) is 0 Å². The van der Waals surface area contributed by atoms with Gasteiger partial charge in [0.25, 0.3) is 5.91 Å². The van der Waals surface area contributed by atoms with E-state index in [2.05, 4.69) is 20.8 Å². The molecule has 0 bridgehead atoms. The van der Waals surface area contributed by atoms with E-state index < -0.39 is 6.10 Å². The van der Waals surface area contributed by atoms with Crippen molar-refractivity contribution in [3.8, 4) is 11.4 Å². The van der Waals surface area contributed by atoms with Crippen LogP contribution in [0.15, 0.2) is 48.8 Å². The summed E-state index contributed by atoms with van der Waals surface area (Å²) in [6, 6.07) is 11.9. The van der Waals surface area contributed by atoms with Crippen LogP contribution in [-0.2, 0) is 4.79 Å². The molecule has 0 saturated heterocycles. The number of halogens is 2. The van der Waals surface area contributed by atoms with Crippen molar-refractivity contribution in [3.63, 3.8) is 0 Å². The monoisotopic (exact) mass is 377 g/mol. The lowest BCUT2D eigenvalue weighted by Crippen LogP contribution is -2.30. The minimum absolute atomic E-state index is 0.336. The average Bonchev–Trinajstić information content (AvgIpc) is 3.12. The zero-order valence-electron chi connectivity index (χ0n) is 13.1. The van der Waals surface area contributed by atoms with E-state index >= 15 is 0 Å². The fraction of sp³-hybridized carbons (Fsp3) is 0.125. The maximum absolute atomic E-state index is 12.3. The summed E-state index contributed by atoms with van der Waals surface area (Å²) < 4.78 is 7.18. The lowest BCUT2D eigenvalue weighted by Gasteiger charge is -2.16. The number of amides is 1. The molecule has 3 aromatic rings. The molecule has 0 fully saturated rings. The highest BCUT2D eigenvalue weighted by Crippen LogP contribution is 2.25. The number of hydrogen-bond donors (Lipinski definition) is 1.